The topological polar surface area (TPSA) is 44.4 Å². The fourth-order valence-electron chi connectivity index (χ4n) is 5.55. The van der Waals surface area contributed by atoms with E-state index in [1.807, 2.05) is 32.9 Å². The Morgan fingerprint density at radius 3 is 1.91 bits per heavy atom. The van der Waals surface area contributed by atoms with Crippen molar-refractivity contribution in [1.29, 1.82) is 0 Å². The van der Waals surface area contributed by atoms with E-state index in [-0.39, 0.29) is 29.2 Å². The van der Waals surface area contributed by atoms with Gasteiger partial charge < -0.3 is 15.5 Å². The molecular formula is C30H34FN3O. The molecular weight excluding hydrogens is 437 g/mol. The average Bonchev–Trinajstić information content (AvgIpc) is 2.79. The second kappa shape index (κ2) is 9.03. The molecule has 2 amide bonds. The molecule has 3 aromatic carbocycles. The van der Waals surface area contributed by atoms with Gasteiger partial charge in [0.25, 0.3) is 0 Å². The predicted molar refractivity (Wildman–Crippen MR) is 141 cm³/mol. The molecule has 4 nitrogen and oxygen atoms in total. The number of nitrogens with one attached hydrogen (secondary N) is 2. The second-order valence-corrected chi connectivity index (χ2v) is 11.0. The number of hydrogen-bond donors (Lipinski definition) is 2. The van der Waals surface area contributed by atoms with Crippen LogP contribution in [0.5, 0.6) is 0 Å². The van der Waals surface area contributed by atoms with E-state index >= 15 is 0 Å². The minimum Gasteiger partial charge on any atom is -0.371 e. The lowest BCUT2D eigenvalue weighted by Crippen LogP contribution is -2.43. The van der Waals surface area contributed by atoms with Crippen LogP contribution in [0.3, 0.4) is 0 Å². The number of hydrogen-bond acceptors (Lipinski definition) is 2. The molecule has 5 rings (SSSR count). The van der Waals surface area contributed by atoms with Crippen LogP contribution >= 0.6 is 0 Å². The molecule has 2 heterocycles. The first-order valence-corrected chi connectivity index (χ1v) is 12.5. The lowest BCUT2D eigenvalue weighted by atomic mass is 9.76. The minimum atomic E-state index is -0.329. The number of anilines is 2. The maximum absolute atomic E-state index is 13.7. The average molecular weight is 472 g/mol. The van der Waals surface area contributed by atoms with Gasteiger partial charge in [0.2, 0.25) is 0 Å². The van der Waals surface area contributed by atoms with Crippen LogP contribution in [0.15, 0.2) is 60.7 Å². The van der Waals surface area contributed by atoms with Crippen LogP contribution in [0.4, 0.5) is 20.6 Å². The summed E-state index contributed by atoms with van der Waals surface area (Å²) in [5, 5.41) is 6.10. The standard InChI is InChI=1S/C30H34FN3O/c1-19-5-7-20(8-6-19)24-13-15-34-16-14-25(21-9-11-22(31)12-10-21)27-18-23(17-26(24)28(27)34)32-29(35)33-30(2,3)4/h5-12,17-18,24-25H,13-16H2,1-4H3,(H2,32,33,35)/t24-,25-/m0/s1. The van der Waals surface area contributed by atoms with Gasteiger partial charge in [0.1, 0.15) is 5.82 Å². The van der Waals surface area contributed by atoms with Gasteiger partial charge in [0.15, 0.2) is 0 Å². The third-order valence-electron chi connectivity index (χ3n) is 7.11. The van der Waals surface area contributed by atoms with Crippen molar-refractivity contribution in [3.8, 4) is 0 Å². The van der Waals surface area contributed by atoms with Crippen LogP contribution in [0, 0.1) is 12.7 Å². The third-order valence-corrected chi connectivity index (χ3v) is 7.11. The van der Waals surface area contributed by atoms with Gasteiger partial charge in [-0.1, -0.05) is 42.0 Å². The number of halogens is 1. The highest BCUT2D eigenvalue weighted by Crippen LogP contribution is 2.49. The largest absolute Gasteiger partial charge is 0.371 e. The molecule has 0 saturated heterocycles. The van der Waals surface area contributed by atoms with Crippen molar-refractivity contribution in [2.45, 2.75) is 57.9 Å². The Labute approximate surface area is 207 Å². The molecule has 5 heteroatoms. The molecule has 0 radical (unpaired) electrons. The monoisotopic (exact) mass is 471 g/mol. The van der Waals surface area contributed by atoms with Gasteiger partial charge in [0, 0.05) is 41.8 Å². The quantitative estimate of drug-likeness (QED) is 0.435. The fraction of sp³-hybridized carbons (Fsp3) is 0.367. The Hall–Kier alpha value is -3.34. The van der Waals surface area contributed by atoms with E-state index in [4.69, 9.17) is 0 Å². The highest BCUT2D eigenvalue weighted by Gasteiger charge is 2.35. The number of nitrogens with zero attached hydrogens (tertiary/aromatic N) is 1. The first-order valence-electron chi connectivity index (χ1n) is 12.5. The van der Waals surface area contributed by atoms with Gasteiger partial charge in [-0.15, -0.1) is 0 Å². The zero-order chi connectivity index (χ0) is 24.7. The zero-order valence-electron chi connectivity index (χ0n) is 21.0. The first-order chi connectivity index (χ1) is 16.7. The molecule has 0 spiro atoms. The van der Waals surface area contributed by atoms with Crippen molar-refractivity contribution in [3.05, 3.63) is 94.3 Å². The first kappa shape index (κ1) is 23.4. The van der Waals surface area contributed by atoms with Gasteiger partial charge in [-0.2, -0.15) is 0 Å². The molecule has 0 saturated carbocycles. The smallest absolute Gasteiger partial charge is 0.319 e. The lowest BCUT2D eigenvalue weighted by molar-refractivity contribution is 0.244. The highest BCUT2D eigenvalue weighted by atomic mass is 19.1. The van der Waals surface area contributed by atoms with Crippen LogP contribution < -0.4 is 15.5 Å². The molecule has 35 heavy (non-hydrogen) atoms. The zero-order valence-corrected chi connectivity index (χ0v) is 21.0. The number of carbonyl (C=O) groups excluding carboxylic acids is 1. The highest BCUT2D eigenvalue weighted by molar-refractivity contribution is 5.91. The van der Waals surface area contributed by atoms with Crippen molar-refractivity contribution in [2.75, 3.05) is 23.3 Å². The van der Waals surface area contributed by atoms with E-state index in [1.165, 1.54) is 27.9 Å². The van der Waals surface area contributed by atoms with Gasteiger partial charge in [-0.3, -0.25) is 0 Å². The van der Waals surface area contributed by atoms with Gasteiger partial charge >= 0.3 is 6.03 Å². The van der Waals surface area contributed by atoms with Crippen LogP contribution in [-0.2, 0) is 0 Å². The molecule has 0 unspecified atom stereocenters. The predicted octanol–water partition coefficient (Wildman–Crippen LogP) is 6.93. The van der Waals surface area contributed by atoms with E-state index in [1.54, 1.807) is 12.1 Å². The van der Waals surface area contributed by atoms with E-state index in [9.17, 15) is 9.18 Å². The molecule has 0 aromatic heterocycles. The lowest BCUT2D eigenvalue weighted by Gasteiger charge is -2.43. The summed E-state index contributed by atoms with van der Waals surface area (Å²) < 4.78 is 13.7. The Morgan fingerprint density at radius 1 is 0.886 bits per heavy atom. The summed E-state index contributed by atoms with van der Waals surface area (Å²) in [7, 11) is 0. The summed E-state index contributed by atoms with van der Waals surface area (Å²) in [5.74, 6) is 0.201. The summed E-state index contributed by atoms with van der Waals surface area (Å²) >= 11 is 0. The molecule has 182 valence electrons. The van der Waals surface area contributed by atoms with Crippen LogP contribution in [0.2, 0.25) is 0 Å². The molecule has 3 aromatic rings. The summed E-state index contributed by atoms with van der Waals surface area (Å²) in [6.07, 6.45) is 2.00. The second-order valence-electron chi connectivity index (χ2n) is 11.0. The molecule has 0 fully saturated rings. The van der Waals surface area contributed by atoms with Crippen molar-refractivity contribution in [2.24, 2.45) is 0 Å². The van der Waals surface area contributed by atoms with E-state index in [2.05, 4.69) is 58.9 Å². The number of amides is 2. The van der Waals surface area contributed by atoms with Gasteiger partial charge in [-0.05, 0) is 87.1 Å². The Bertz CT molecular complexity index is 1150. The van der Waals surface area contributed by atoms with Gasteiger partial charge in [0.05, 0.1) is 0 Å². The van der Waals surface area contributed by atoms with E-state index in [0.717, 1.165) is 37.2 Å². The van der Waals surface area contributed by atoms with E-state index < -0.39 is 0 Å². The molecule has 0 bridgehead atoms. The number of aryl methyl sites for hydroxylation is 1. The maximum atomic E-state index is 13.7. The Morgan fingerprint density at radius 2 is 1.40 bits per heavy atom. The van der Waals surface area contributed by atoms with Crippen LogP contribution in [0.25, 0.3) is 0 Å². The van der Waals surface area contributed by atoms with Crippen molar-refractivity contribution >= 4 is 17.4 Å². The molecule has 2 aliphatic rings. The number of carbonyl (C=O) groups is 1. The van der Waals surface area contributed by atoms with Crippen molar-refractivity contribution < 1.29 is 9.18 Å². The number of urea groups is 1. The molecule has 2 aliphatic heterocycles. The summed E-state index contributed by atoms with van der Waals surface area (Å²) in [4.78, 5) is 15.3. The maximum Gasteiger partial charge on any atom is 0.319 e. The Balaban J connectivity index is 1.62. The van der Waals surface area contributed by atoms with Crippen LogP contribution in [-0.4, -0.2) is 24.7 Å². The summed E-state index contributed by atoms with van der Waals surface area (Å²) in [5.41, 5.74) is 7.89. The normalized spacial score (nSPS) is 19.2. The van der Waals surface area contributed by atoms with Crippen LogP contribution in [0.1, 0.15) is 73.3 Å². The van der Waals surface area contributed by atoms with Crippen molar-refractivity contribution in [1.82, 2.24) is 5.32 Å². The minimum absolute atomic E-state index is 0.157. The third kappa shape index (κ3) is 4.90. The molecule has 2 N–H and O–H groups in total. The summed E-state index contributed by atoms with van der Waals surface area (Å²) in [6.45, 7) is 10.0. The number of benzene rings is 3. The number of rotatable bonds is 3. The van der Waals surface area contributed by atoms with Gasteiger partial charge in [-0.25, -0.2) is 9.18 Å². The molecule has 0 aliphatic carbocycles. The van der Waals surface area contributed by atoms with Crippen molar-refractivity contribution in [3.63, 3.8) is 0 Å². The Kier molecular flexibility index (Phi) is 6.04. The summed E-state index contributed by atoms with van der Waals surface area (Å²) in [6, 6.07) is 19.8. The molecule has 2 atom stereocenters. The SMILES string of the molecule is Cc1ccc([C@@H]2CCN3CC[C@@H](c4ccc(F)cc4)c4cc(NC(=O)NC(C)(C)C)cc2c43)cc1. The van der Waals surface area contributed by atoms with E-state index in [0.29, 0.717) is 0 Å². The fourth-order valence-corrected chi connectivity index (χ4v) is 5.55.